The molecule has 1 unspecified atom stereocenters. The van der Waals surface area contributed by atoms with E-state index in [1.54, 1.807) is 18.2 Å². The van der Waals surface area contributed by atoms with E-state index in [0.717, 1.165) is 6.07 Å². The SMILES string of the molecule is NNC(c1ccc(Cl)c(Cl)c1)c1ccc(F)c(F)c1Br. The van der Waals surface area contributed by atoms with Crippen LogP contribution >= 0.6 is 39.1 Å². The summed E-state index contributed by atoms with van der Waals surface area (Å²) in [6, 6.07) is 6.84. The lowest BCUT2D eigenvalue weighted by Crippen LogP contribution is -2.29. The van der Waals surface area contributed by atoms with Gasteiger partial charge in [-0.25, -0.2) is 14.2 Å². The fourth-order valence-corrected chi connectivity index (χ4v) is 2.68. The maximum absolute atomic E-state index is 13.6. The molecule has 0 heterocycles. The Hall–Kier alpha value is -0.720. The topological polar surface area (TPSA) is 38.0 Å². The van der Waals surface area contributed by atoms with E-state index in [0.29, 0.717) is 21.2 Å². The average Bonchev–Trinajstić information content (AvgIpc) is 2.43. The second kappa shape index (κ2) is 6.37. The Morgan fingerprint density at radius 2 is 1.80 bits per heavy atom. The Balaban J connectivity index is 2.52. The smallest absolute Gasteiger partial charge is 0.173 e. The molecule has 0 aliphatic heterocycles. The number of hydrazine groups is 1. The number of benzene rings is 2. The van der Waals surface area contributed by atoms with Crippen LogP contribution in [-0.2, 0) is 0 Å². The molecule has 0 saturated carbocycles. The number of nitrogens with two attached hydrogens (primary N) is 1. The van der Waals surface area contributed by atoms with E-state index < -0.39 is 17.7 Å². The Kier molecular flexibility index (Phi) is 4.99. The van der Waals surface area contributed by atoms with Gasteiger partial charge in [0.2, 0.25) is 0 Å². The highest BCUT2D eigenvalue weighted by Gasteiger charge is 2.20. The van der Waals surface area contributed by atoms with Crippen molar-refractivity contribution in [3.05, 3.63) is 67.6 Å². The molecule has 0 aromatic heterocycles. The van der Waals surface area contributed by atoms with Gasteiger partial charge in [-0.2, -0.15) is 0 Å². The molecule has 0 amide bonds. The summed E-state index contributed by atoms with van der Waals surface area (Å²) in [5.74, 6) is 3.61. The summed E-state index contributed by atoms with van der Waals surface area (Å²) in [4.78, 5) is 0. The lowest BCUT2D eigenvalue weighted by Gasteiger charge is -2.19. The van der Waals surface area contributed by atoms with Gasteiger partial charge in [0, 0.05) is 0 Å². The molecule has 0 spiro atoms. The Morgan fingerprint density at radius 3 is 2.40 bits per heavy atom. The first-order chi connectivity index (χ1) is 9.45. The third kappa shape index (κ3) is 2.97. The van der Waals surface area contributed by atoms with Crippen LogP contribution in [0.15, 0.2) is 34.8 Å². The van der Waals surface area contributed by atoms with Crippen molar-refractivity contribution in [1.82, 2.24) is 5.43 Å². The zero-order valence-corrected chi connectivity index (χ0v) is 13.0. The molecule has 2 aromatic carbocycles. The molecule has 0 bridgehead atoms. The van der Waals surface area contributed by atoms with Gasteiger partial charge in [-0.15, -0.1) is 0 Å². The lowest BCUT2D eigenvalue weighted by molar-refractivity contribution is 0.498. The molecule has 7 heteroatoms. The molecule has 2 nitrogen and oxygen atoms in total. The van der Waals surface area contributed by atoms with Gasteiger partial charge < -0.3 is 0 Å². The number of halogens is 5. The largest absolute Gasteiger partial charge is 0.271 e. The van der Waals surface area contributed by atoms with Gasteiger partial charge in [0.1, 0.15) is 0 Å². The maximum atomic E-state index is 13.6. The predicted octanol–water partition coefficient (Wildman–Crippen LogP) is 4.59. The molecule has 0 aliphatic rings. The monoisotopic (exact) mass is 380 g/mol. The van der Waals surface area contributed by atoms with Gasteiger partial charge in [-0.05, 0) is 45.3 Å². The van der Waals surface area contributed by atoms with Crippen LogP contribution in [0, 0.1) is 11.6 Å². The van der Waals surface area contributed by atoms with Crippen molar-refractivity contribution in [3.8, 4) is 0 Å². The third-order valence-electron chi connectivity index (χ3n) is 2.82. The molecular formula is C13H9BrCl2F2N2. The molecule has 106 valence electrons. The van der Waals surface area contributed by atoms with Crippen LogP contribution in [0.25, 0.3) is 0 Å². The predicted molar refractivity (Wildman–Crippen MR) is 79.7 cm³/mol. The van der Waals surface area contributed by atoms with E-state index in [9.17, 15) is 8.78 Å². The summed E-state index contributed by atoms with van der Waals surface area (Å²) in [7, 11) is 0. The first-order valence-electron chi connectivity index (χ1n) is 5.50. The van der Waals surface area contributed by atoms with E-state index in [-0.39, 0.29) is 4.47 Å². The van der Waals surface area contributed by atoms with Crippen molar-refractivity contribution in [2.45, 2.75) is 6.04 Å². The van der Waals surface area contributed by atoms with Gasteiger partial charge in [0.25, 0.3) is 0 Å². The summed E-state index contributed by atoms with van der Waals surface area (Å²) in [6.07, 6.45) is 0. The van der Waals surface area contributed by atoms with Crippen LogP contribution < -0.4 is 11.3 Å². The lowest BCUT2D eigenvalue weighted by atomic mass is 9.99. The highest BCUT2D eigenvalue weighted by molar-refractivity contribution is 9.10. The second-order valence-corrected chi connectivity index (χ2v) is 5.65. The first kappa shape index (κ1) is 15.7. The molecule has 2 rings (SSSR count). The summed E-state index contributed by atoms with van der Waals surface area (Å²) in [5, 5.41) is 0.749. The van der Waals surface area contributed by atoms with Crippen molar-refractivity contribution in [2.24, 2.45) is 5.84 Å². The van der Waals surface area contributed by atoms with E-state index in [4.69, 9.17) is 29.0 Å². The van der Waals surface area contributed by atoms with Crippen LogP contribution in [0.5, 0.6) is 0 Å². The normalized spacial score (nSPS) is 12.5. The molecular weight excluding hydrogens is 373 g/mol. The molecule has 20 heavy (non-hydrogen) atoms. The van der Waals surface area contributed by atoms with Crippen molar-refractivity contribution in [2.75, 3.05) is 0 Å². The van der Waals surface area contributed by atoms with Gasteiger partial charge in [0.15, 0.2) is 11.6 Å². The van der Waals surface area contributed by atoms with E-state index >= 15 is 0 Å². The standard InChI is InChI=1S/C13H9BrCl2F2N2/c14-11-7(2-4-10(17)12(11)18)13(20-19)6-1-3-8(15)9(16)5-6/h1-5,13,20H,19H2. The Bertz CT molecular complexity index is 653. The van der Waals surface area contributed by atoms with Gasteiger partial charge in [-0.3, -0.25) is 5.84 Å². The average molecular weight is 382 g/mol. The van der Waals surface area contributed by atoms with Crippen LogP contribution in [0.3, 0.4) is 0 Å². The molecule has 2 aromatic rings. The van der Waals surface area contributed by atoms with Crippen molar-refractivity contribution < 1.29 is 8.78 Å². The molecule has 0 aliphatic carbocycles. The van der Waals surface area contributed by atoms with Crippen molar-refractivity contribution in [3.63, 3.8) is 0 Å². The van der Waals surface area contributed by atoms with Crippen molar-refractivity contribution >= 4 is 39.1 Å². The summed E-state index contributed by atoms with van der Waals surface area (Å²) >= 11 is 14.8. The summed E-state index contributed by atoms with van der Waals surface area (Å²) in [6.45, 7) is 0. The van der Waals surface area contributed by atoms with E-state index in [1.165, 1.54) is 6.07 Å². The summed E-state index contributed by atoms with van der Waals surface area (Å²) in [5.41, 5.74) is 3.67. The minimum absolute atomic E-state index is 0.00604. The Morgan fingerprint density at radius 1 is 1.10 bits per heavy atom. The number of nitrogens with one attached hydrogen (secondary N) is 1. The van der Waals surface area contributed by atoms with Gasteiger partial charge in [0.05, 0.1) is 20.6 Å². The van der Waals surface area contributed by atoms with E-state index in [2.05, 4.69) is 21.4 Å². The molecule has 0 saturated heterocycles. The fraction of sp³-hybridized carbons (Fsp3) is 0.0769. The van der Waals surface area contributed by atoms with Gasteiger partial charge in [-0.1, -0.05) is 35.3 Å². The zero-order valence-electron chi connectivity index (χ0n) is 9.93. The number of hydrogen-bond donors (Lipinski definition) is 2. The first-order valence-corrected chi connectivity index (χ1v) is 7.05. The van der Waals surface area contributed by atoms with Crippen LogP contribution in [0.1, 0.15) is 17.2 Å². The second-order valence-electron chi connectivity index (χ2n) is 4.04. The number of hydrogen-bond acceptors (Lipinski definition) is 2. The number of rotatable bonds is 3. The van der Waals surface area contributed by atoms with Gasteiger partial charge >= 0.3 is 0 Å². The Labute approximate surface area is 133 Å². The minimum atomic E-state index is -0.970. The molecule has 1 atom stereocenters. The highest BCUT2D eigenvalue weighted by atomic mass is 79.9. The highest BCUT2D eigenvalue weighted by Crippen LogP contribution is 2.33. The summed E-state index contributed by atoms with van der Waals surface area (Å²) < 4.78 is 26.8. The quantitative estimate of drug-likeness (QED) is 0.463. The van der Waals surface area contributed by atoms with Crippen molar-refractivity contribution in [1.29, 1.82) is 0 Å². The maximum Gasteiger partial charge on any atom is 0.173 e. The minimum Gasteiger partial charge on any atom is -0.271 e. The van der Waals surface area contributed by atoms with Crippen LogP contribution in [0.2, 0.25) is 10.0 Å². The van der Waals surface area contributed by atoms with Crippen LogP contribution in [0.4, 0.5) is 8.78 Å². The zero-order chi connectivity index (χ0) is 14.9. The molecule has 0 radical (unpaired) electrons. The fourth-order valence-electron chi connectivity index (χ4n) is 1.82. The third-order valence-corrected chi connectivity index (χ3v) is 4.36. The molecule has 3 N–H and O–H groups in total. The molecule has 0 fully saturated rings. The van der Waals surface area contributed by atoms with E-state index in [1.807, 2.05) is 0 Å². The van der Waals surface area contributed by atoms with Crippen LogP contribution in [-0.4, -0.2) is 0 Å².